The van der Waals surface area contributed by atoms with Crippen LogP contribution in [0.4, 0.5) is 5.13 Å². The maximum absolute atomic E-state index is 13.0. The average molecular weight is 418 g/mol. The van der Waals surface area contributed by atoms with Gasteiger partial charge in [-0.1, -0.05) is 30.3 Å². The van der Waals surface area contributed by atoms with Gasteiger partial charge in [-0.3, -0.25) is 14.5 Å². The van der Waals surface area contributed by atoms with E-state index in [4.69, 9.17) is 4.74 Å². The van der Waals surface area contributed by atoms with Crippen molar-refractivity contribution >= 4 is 33.9 Å². The summed E-state index contributed by atoms with van der Waals surface area (Å²) in [7, 11) is 0. The van der Waals surface area contributed by atoms with E-state index < -0.39 is 17.7 Å². The maximum atomic E-state index is 13.0. The van der Waals surface area contributed by atoms with Crippen molar-refractivity contribution in [2.75, 3.05) is 4.90 Å². The van der Waals surface area contributed by atoms with Gasteiger partial charge < -0.3 is 9.84 Å². The molecule has 1 saturated heterocycles. The van der Waals surface area contributed by atoms with Crippen LogP contribution in [0.3, 0.4) is 0 Å². The summed E-state index contributed by atoms with van der Waals surface area (Å²) >= 11 is 1.27. The third-order valence-electron chi connectivity index (χ3n) is 5.35. The standard InChI is InChI=1S/C23H18N2O4S/c1-13-11-16-12-15(7-8-17(16)29-13)20(26)18-19(14-5-3-2-4-6-14)25(22(28)21(18)27)23-24-9-10-30-23/h2-10,12-13,19,26H,11H2,1H3/b20-18+/t13-,19-/m1/s1. The lowest BCUT2D eigenvalue weighted by Gasteiger charge is -2.22. The Balaban J connectivity index is 1.68. The summed E-state index contributed by atoms with van der Waals surface area (Å²) in [6, 6.07) is 13.8. The van der Waals surface area contributed by atoms with Gasteiger partial charge in [-0.2, -0.15) is 0 Å². The van der Waals surface area contributed by atoms with Crippen LogP contribution in [-0.2, 0) is 16.0 Å². The number of thiazole rings is 1. The van der Waals surface area contributed by atoms with E-state index in [1.807, 2.05) is 43.3 Å². The number of benzene rings is 2. The zero-order chi connectivity index (χ0) is 20.8. The molecule has 3 heterocycles. The van der Waals surface area contributed by atoms with E-state index in [9.17, 15) is 14.7 Å². The van der Waals surface area contributed by atoms with Crippen LogP contribution < -0.4 is 9.64 Å². The number of amides is 1. The lowest BCUT2D eigenvalue weighted by atomic mass is 9.94. The molecule has 2 aliphatic heterocycles. The largest absolute Gasteiger partial charge is 0.507 e. The van der Waals surface area contributed by atoms with Crippen LogP contribution in [0, 0.1) is 0 Å². The van der Waals surface area contributed by atoms with Gasteiger partial charge in [0.15, 0.2) is 5.13 Å². The maximum Gasteiger partial charge on any atom is 0.301 e. The number of ether oxygens (including phenoxy) is 1. The van der Waals surface area contributed by atoms with Crippen LogP contribution >= 0.6 is 11.3 Å². The highest BCUT2D eigenvalue weighted by atomic mass is 32.1. The Bertz CT molecular complexity index is 1170. The number of aromatic nitrogens is 1. The molecule has 1 amide bonds. The van der Waals surface area contributed by atoms with Gasteiger partial charge in [-0.25, -0.2) is 4.98 Å². The fourth-order valence-electron chi connectivity index (χ4n) is 4.04. The smallest absolute Gasteiger partial charge is 0.301 e. The first-order valence-electron chi connectivity index (χ1n) is 9.60. The summed E-state index contributed by atoms with van der Waals surface area (Å²) in [4.78, 5) is 31.6. The molecule has 3 aromatic rings. The van der Waals surface area contributed by atoms with E-state index in [2.05, 4.69) is 4.98 Å². The van der Waals surface area contributed by atoms with E-state index in [1.54, 1.807) is 23.7 Å². The van der Waals surface area contributed by atoms with Crippen LogP contribution in [0.15, 0.2) is 65.7 Å². The van der Waals surface area contributed by atoms with E-state index >= 15 is 0 Å². The number of hydrogen-bond acceptors (Lipinski definition) is 6. The second kappa shape index (κ2) is 7.11. The lowest BCUT2D eigenvalue weighted by molar-refractivity contribution is -0.132. The van der Waals surface area contributed by atoms with Crippen LogP contribution in [0.1, 0.15) is 29.7 Å². The Morgan fingerprint density at radius 3 is 2.73 bits per heavy atom. The Hall–Kier alpha value is -3.45. The van der Waals surface area contributed by atoms with Crippen molar-refractivity contribution < 1.29 is 19.4 Å². The molecule has 150 valence electrons. The second-order valence-corrected chi connectivity index (χ2v) is 8.22. The van der Waals surface area contributed by atoms with Crippen molar-refractivity contribution in [3.05, 3.63) is 82.4 Å². The van der Waals surface area contributed by atoms with Crippen LogP contribution in [0.25, 0.3) is 5.76 Å². The second-order valence-electron chi connectivity index (χ2n) is 7.35. The number of carbonyl (C=O) groups excluding carboxylic acids is 2. The SMILES string of the molecule is C[C@@H]1Cc2cc(/C(O)=C3\C(=O)C(=O)N(c4nccs4)[C@@H]3c3ccccc3)ccc2O1. The van der Waals surface area contributed by atoms with Gasteiger partial charge in [0.1, 0.15) is 17.6 Å². The first-order valence-corrected chi connectivity index (χ1v) is 10.5. The number of hydrogen-bond donors (Lipinski definition) is 1. The molecule has 0 aliphatic carbocycles. The van der Waals surface area contributed by atoms with E-state index in [-0.39, 0.29) is 17.4 Å². The number of fused-ring (bicyclic) bond motifs is 1. The number of anilines is 1. The molecule has 0 radical (unpaired) electrons. The highest BCUT2D eigenvalue weighted by Gasteiger charge is 2.48. The molecule has 1 N–H and O–H groups in total. The number of aliphatic hydroxyl groups is 1. The van der Waals surface area contributed by atoms with Gasteiger partial charge in [-0.05, 0) is 36.2 Å². The van der Waals surface area contributed by atoms with E-state index in [0.717, 1.165) is 23.3 Å². The summed E-state index contributed by atoms with van der Waals surface area (Å²) < 4.78 is 5.73. The van der Waals surface area contributed by atoms with Gasteiger partial charge in [0.25, 0.3) is 5.78 Å². The minimum Gasteiger partial charge on any atom is -0.507 e. The molecule has 0 spiro atoms. The summed E-state index contributed by atoms with van der Waals surface area (Å²) in [6.45, 7) is 1.98. The van der Waals surface area contributed by atoms with Gasteiger partial charge in [0.2, 0.25) is 0 Å². The molecule has 30 heavy (non-hydrogen) atoms. The first kappa shape index (κ1) is 18.6. The number of nitrogens with zero attached hydrogens (tertiary/aromatic N) is 2. The van der Waals surface area contributed by atoms with Crippen molar-refractivity contribution in [2.24, 2.45) is 0 Å². The van der Waals surface area contributed by atoms with Gasteiger partial charge in [-0.15, -0.1) is 11.3 Å². The normalized spacial score (nSPS) is 22.2. The van der Waals surface area contributed by atoms with Crippen LogP contribution in [-0.4, -0.2) is 27.9 Å². The summed E-state index contributed by atoms with van der Waals surface area (Å²) in [5.41, 5.74) is 2.25. The number of aliphatic hydroxyl groups excluding tert-OH is 1. The molecule has 1 fully saturated rings. The molecule has 6 nitrogen and oxygen atoms in total. The molecular formula is C23H18N2O4S. The summed E-state index contributed by atoms with van der Waals surface area (Å²) in [6.07, 6.45) is 2.38. The molecule has 7 heteroatoms. The van der Waals surface area contributed by atoms with Crippen molar-refractivity contribution in [1.29, 1.82) is 0 Å². The summed E-state index contributed by atoms with van der Waals surface area (Å²) in [5.74, 6) is -0.828. The van der Waals surface area contributed by atoms with E-state index in [1.165, 1.54) is 16.2 Å². The monoisotopic (exact) mass is 418 g/mol. The topological polar surface area (TPSA) is 79.7 Å². The lowest BCUT2D eigenvalue weighted by Crippen LogP contribution is -2.29. The zero-order valence-electron chi connectivity index (χ0n) is 16.1. The summed E-state index contributed by atoms with van der Waals surface area (Å²) in [5, 5.41) is 13.3. The minimum atomic E-state index is -0.749. The third-order valence-corrected chi connectivity index (χ3v) is 6.13. The number of Topliss-reactive ketones (excluding diaryl/α,β-unsaturated/α-hetero) is 1. The Kier molecular flexibility index (Phi) is 4.40. The van der Waals surface area contributed by atoms with Crippen molar-refractivity contribution in [3.63, 3.8) is 0 Å². The number of rotatable bonds is 3. The van der Waals surface area contributed by atoms with E-state index in [0.29, 0.717) is 10.7 Å². The molecule has 0 saturated carbocycles. The van der Waals surface area contributed by atoms with Crippen molar-refractivity contribution in [1.82, 2.24) is 4.98 Å². The predicted molar refractivity (Wildman–Crippen MR) is 114 cm³/mol. The quantitative estimate of drug-likeness (QED) is 0.394. The zero-order valence-corrected chi connectivity index (χ0v) is 16.9. The Labute approximate surface area is 177 Å². The Morgan fingerprint density at radius 2 is 2.00 bits per heavy atom. The van der Waals surface area contributed by atoms with Crippen molar-refractivity contribution in [3.8, 4) is 5.75 Å². The molecule has 0 bridgehead atoms. The average Bonchev–Trinajstić information content (AvgIpc) is 3.46. The minimum absolute atomic E-state index is 0.0633. The van der Waals surface area contributed by atoms with Gasteiger partial charge in [0, 0.05) is 23.6 Å². The third kappa shape index (κ3) is 2.90. The molecule has 5 rings (SSSR count). The van der Waals surface area contributed by atoms with Crippen LogP contribution in [0.5, 0.6) is 5.75 Å². The first-order chi connectivity index (χ1) is 14.5. The van der Waals surface area contributed by atoms with Gasteiger partial charge >= 0.3 is 5.91 Å². The molecule has 2 atom stereocenters. The molecule has 1 aromatic heterocycles. The number of carbonyl (C=O) groups is 2. The molecular weight excluding hydrogens is 400 g/mol. The highest BCUT2D eigenvalue weighted by Crippen LogP contribution is 2.43. The fraction of sp³-hybridized carbons (Fsp3) is 0.174. The Morgan fingerprint density at radius 1 is 1.20 bits per heavy atom. The predicted octanol–water partition coefficient (Wildman–Crippen LogP) is 4.09. The fourth-order valence-corrected chi connectivity index (χ4v) is 4.71. The molecule has 2 aliphatic rings. The van der Waals surface area contributed by atoms with Gasteiger partial charge in [0.05, 0.1) is 11.6 Å². The highest BCUT2D eigenvalue weighted by molar-refractivity contribution is 7.14. The molecule has 0 unspecified atom stereocenters. The molecule has 2 aromatic carbocycles. The number of ketones is 1. The van der Waals surface area contributed by atoms with Crippen molar-refractivity contribution in [2.45, 2.75) is 25.5 Å². The van der Waals surface area contributed by atoms with Crippen LogP contribution in [0.2, 0.25) is 0 Å².